The van der Waals surface area contributed by atoms with Crippen LogP contribution in [0.4, 0.5) is 9.59 Å². The number of esters is 3. The van der Waals surface area contributed by atoms with Gasteiger partial charge in [-0.25, -0.2) is 9.59 Å². The van der Waals surface area contributed by atoms with E-state index in [1.54, 1.807) is 85.3 Å². The number of rotatable bonds is 43. The summed E-state index contributed by atoms with van der Waals surface area (Å²) in [5.74, 6) is 0.0460. The number of fused-ring (bicyclic) bond motifs is 1. The topological polar surface area (TPSA) is 334 Å². The fourth-order valence-corrected chi connectivity index (χ4v) is 15.6. The van der Waals surface area contributed by atoms with Gasteiger partial charge in [0.1, 0.15) is 61.4 Å². The zero-order valence-corrected chi connectivity index (χ0v) is 74.6. The molecule has 0 radical (unpaired) electrons. The number of phenolic OH excluding ortho intramolecular Hbond substituents is 3. The molecule has 7 aromatic carbocycles. The quantitative estimate of drug-likeness (QED) is 0.0182. The fraction of sp³-hybridized carbons (Fsp3) is 0.484. The minimum absolute atomic E-state index is 0.0640. The van der Waals surface area contributed by atoms with Crippen LogP contribution in [0, 0.1) is 0 Å². The standard InChI is InChI=1S/C41H52O9.C38H48O12.C12H22N4O6/c1-40(2,34-14-26(20-45-4)37(42)27(15-34)21-46-5)32-10-12-33(13-11-32)41(3,35-16-28(22-47-6)38(43)29(17-35)23-48-7)36-18-30(24-49-8)39(44)31(19-36)25-50-9;1-23(39)48-35-26(17-42-5)11-32(12-27(35)18-43-6)38(4,33-13-28(19-44-7)36(49-24(2)40)29(14-33)20-45-8)34-15-30(21-46-9)37(50-25(3)41)31(16-34)22-47-10;1-19-5-13-9-10(15(7-21-3)11(13)17)16(8-22-4)12(18)14(9)6-20-2/h10-19,42-44H,20-25H2,1-9H3;11-16H,17-22H2,1-10H3;9-10H,5-8H2,1-4H3. The van der Waals surface area contributed by atoms with Gasteiger partial charge in [0.25, 0.3) is 0 Å². The van der Waals surface area contributed by atoms with E-state index in [4.69, 9.17) is 90.0 Å². The molecule has 122 heavy (non-hydrogen) atoms. The Kier molecular flexibility index (Phi) is 38.0. The summed E-state index contributed by atoms with van der Waals surface area (Å²) in [6.45, 7) is 14.9. The third-order valence-electron chi connectivity index (χ3n) is 21.3. The van der Waals surface area contributed by atoms with Gasteiger partial charge < -0.3 is 105 Å². The Balaban J connectivity index is 0.000000270. The molecule has 31 heteroatoms. The Hall–Kier alpha value is -9.75. The van der Waals surface area contributed by atoms with Crippen molar-refractivity contribution < 1.29 is 129 Å². The zero-order valence-electron chi connectivity index (χ0n) is 74.6. The number of carbonyl (C=O) groups excluding carboxylic acids is 5. The monoisotopic (exact) mass is 1700 g/mol. The summed E-state index contributed by atoms with van der Waals surface area (Å²) in [5.41, 5.74) is 12.7. The maximum absolute atomic E-state index is 12.6. The molecular weight excluding hydrogens is 1580 g/mol. The predicted octanol–water partition coefficient (Wildman–Crippen LogP) is 12.6. The van der Waals surface area contributed by atoms with Gasteiger partial charge in [-0.2, -0.15) is 0 Å². The minimum atomic E-state index is -1.00. The van der Waals surface area contributed by atoms with Crippen molar-refractivity contribution in [3.05, 3.63) is 208 Å². The molecule has 2 aliphatic heterocycles. The van der Waals surface area contributed by atoms with Crippen LogP contribution >= 0.6 is 0 Å². The van der Waals surface area contributed by atoms with E-state index in [0.717, 1.165) is 44.5 Å². The summed E-state index contributed by atoms with van der Waals surface area (Å²) < 4.78 is 104. The molecule has 4 amide bonds. The van der Waals surface area contributed by atoms with E-state index in [-0.39, 0.29) is 136 Å². The van der Waals surface area contributed by atoms with Crippen LogP contribution in [0.2, 0.25) is 0 Å². The van der Waals surface area contributed by atoms with Gasteiger partial charge in [0.15, 0.2) is 12.3 Å². The van der Waals surface area contributed by atoms with Crippen molar-refractivity contribution in [2.45, 2.75) is 156 Å². The Bertz CT molecular complexity index is 4180. The number of ether oxygens (including phenoxy) is 19. The Labute approximate surface area is 715 Å². The van der Waals surface area contributed by atoms with E-state index < -0.39 is 46.5 Å². The van der Waals surface area contributed by atoms with Crippen LogP contribution < -0.4 is 14.2 Å². The van der Waals surface area contributed by atoms with Gasteiger partial charge in [-0.3, -0.25) is 34.0 Å². The molecule has 9 rings (SSSR count). The molecule has 0 spiro atoms. The van der Waals surface area contributed by atoms with Crippen LogP contribution in [-0.4, -0.2) is 218 Å². The van der Waals surface area contributed by atoms with Gasteiger partial charge in [-0.15, -0.1) is 0 Å². The summed E-state index contributed by atoms with van der Waals surface area (Å²) in [5, 5.41) is 33.2. The maximum atomic E-state index is 12.6. The summed E-state index contributed by atoms with van der Waals surface area (Å²) in [4.78, 5) is 67.7. The maximum Gasteiger partial charge on any atom is 0.327 e. The Morgan fingerprint density at radius 3 is 0.631 bits per heavy atom. The molecule has 31 nitrogen and oxygen atoms in total. The Morgan fingerprint density at radius 2 is 0.443 bits per heavy atom. The van der Waals surface area contributed by atoms with E-state index in [0.29, 0.717) is 84.0 Å². The second kappa shape index (κ2) is 46.7. The molecule has 0 unspecified atom stereocenters. The molecule has 7 aromatic rings. The largest absolute Gasteiger partial charge is 0.507 e. The number of hydrogen-bond acceptors (Lipinski definition) is 27. The number of aromatic hydroxyl groups is 3. The highest BCUT2D eigenvalue weighted by molar-refractivity contribution is 5.85. The summed E-state index contributed by atoms with van der Waals surface area (Å²) in [6, 6.07) is 31.4. The van der Waals surface area contributed by atoms with Gasteiger partial charge in [-0.1, -0.05) is 38.1 Å². The van der Waals surface area contributed by atoms with Gasteiger partial charge in [0.05, 0.1) is 79.3 Å². The summed E-state index contributed by atoms with van der Waals surface area (Å²) >= 11 is 0. The van der Waals surface area contributed by atoms with Crippen LogP contribution in [0.25, 0.3) is 0 Å². The highest BCUT2D eigenvalue weighted by atomic mass is 16.6. The number of carbonyl (C=O) groups is 5. The average molecular weight is 1700 g/mol. The third kappa shape index (κ3) is 22.8. The molecule has 2 heterocycles. The highest BCUT2D eigenvalue weighted by Gasteiger charge is 2.59. The smallest absolute Gasteiger partial charge is 0.327 e. The molecule has 0 aromatic heterocycles. The number of amides is 4. The molecule has 3 N–H and O–H groups in total. The lowest BCUT2D eigenvalue weighted by molar-refractivity contribution is -0.133. The van der Waals surface area contributed by atoms with Gasteiger partial charge in [0.2, 0.25) is 0 Å². The zero-order chi connectivity index (χ0) is 89.9. The van der Waals surface area contributed by atoms with E-state index in [2.05, 4.69) is 45.0 Å². The van der Waals surface area contributed by atoms with Crippen molar-refractivity contribution in [2.24, 2.45) is 0 Å². The lowest BCUT2D eigenvalue weighted by Gasteiger charge is -2.35. The Morgan fingerprint density at radius 1 is 0.270 bits per heavy atom. The van der Waals surface area contributed by atoms with Crippen molar-refractivity contribution in [2.75, 3.05) is 141 Å². The lowest BCUT2D eigenvalue weighted by Crippen LogP contribution is -2.48. The predicted molar refractivity (Wildman–Crippen MR) is 449 cm³/mol. The van der Waals surface area contributed by atoms with Crippen LogP contribution in [0.15, 0.2) is 97.1 Å². The minimum Gasteiger partial charge on any atom is -0.507 e. The molecule has 0 saturated carbocycles. The second-order valence-electron chi connectivity index (χ2n) is 30.2. The number of nitrogens with zero attached hydrogens (tertiary/aromatic N) is 4. The lowest BCUT2D eigenvalue weighted by atomic mass is 9.68. The van der Waals surface area contributed by atoms with E-state index in [1.165, 1.54) is 68.8 Å². The number of phenols is 3. The van der Waals surface area contributed by atoms with Crippen LogP contribution in [0.5, 0.6) is 34.5 Å². The molecule has 0 atom stereocenters. The second-order valence-corrected chi connectivity index (χ2v) is 30.2. The molecule has 0 bridgehead atoms. The first kappa shape index (κ1) is 99.4. The van der Waals surface area contributed by atoms with Crippen molar-refractivity contribution in [3.63, 3.8) is 0 Å². The van der Waals surface area contributed by atoms with Crippen LogP contribution in [0.1, 0.15) is 160 Å². The van der Waals surface area contributed by atoms with Crippen molar-refractivity contribution in [3.8, 4) is 34.5 Å². The molecule has 2 saturated heterocycles. The van der Waals surface area contributed by atoms with E-state index in [9.17, 15) is 39.3 Å². The molecule has 2 fully saturated rings. The number of methoxy groups -OCH3 is 16. The molecule has 0 aliphatic carbocycles. The van der Waals surface area contributed by atoms with E-state index >= 15 is 0 Å². The highest BCUT2D eigenvalue weighted by Crippen LogP contribution is 2.49. The van der Waals surface area contributed by atoms with Gasteiger partial charge in [0, 0.05) is 218 Å². The van der Waals surface area contributed by atoms with E-state index in [1.807, 2.05) is 79.7 Å². The first-order valence-corrected chi connectivity index (χ1v) is 39.1. The van der Waals surface area contributed by atoms with Crippen LogP contribution in [-0.2, 0) is 186 Å². The van der Waals surface area contributed by atoms with Gasteiger partial charge >= 0.3 is 30.0 Å². The first-order chi connectivity index (χ1) is 58.4. The van der Waals surface area contributed by atoms with Gasteiger partial charge in [-0.05, 0) is 131 Å². The van der Waals surface area contributed by atoms with Crippen molar-refractivity contribution >= 4 is 30.0 Å². The molecular formula is C91H122N4O27. The van der Waals surface area contributed by atoms with Crippen LogP contribution in [0.3, 0.4) is 0 Å². The van der Waals surface area contributed by atoms with Crippen molar-refractivity contribution in [1.82, 2.24) is 19.6 Å². The third-order valence-corrected chi connectivity index (χ3v) is 21.3. The van der Waals surface area contributed by atoms with Crippen molar-refractivity contribution in [1.29, 1.82) is 0 Å². The number of urea groups is 2. The first-order valence-electron chi connectivity index (χ1n) is 39.1. The number of hydrogen-bond donors (Lipinski definition) is 3. The number of benzene rings is 7. The average Bonchev–Trinajstić information content (AvgIpc) is 1.62. The molecule has 668 valence electrons. The normalized spacial score (nSPS) is 14.1. The molecule has 2 aliphatic rings. The summed E-state index contributed by atoms with van der Waals surface area (Å²) in [7, 11) is 24.9. The fourth-order valence-electron chi connectivity index (χ4n) is 15.6. The summed E-state index contributed by atoms with van der Waals surface area (Å²) in [6.07, 6.45) is -1.05. The SMILES string of the molecule is COCN1C(=O)N(COC)C2C1N(COC)C(=O)N2COC.COCc1cc(C(C)(C)c2ccc(C(C)(c3cc(COC)c(O)c(COC)c3)c3cc(COC)c(O)c(COC)c3)cc2)cc(COC)c1O.COCc1cc(C(C)(c2cc(COC)c(OC(C)=O)c(COC)c2)c2cc(COC)c(OC(C)=O)c(COC)c2)cc(COC)c1OC(C)=O.